The van der Waals surface area contributed by atoms with Gasteiger partial charge < -0.3 is 5.32 Å². The maximum atomic E-state index is 3.64. The van der Waals surface area contributed by atoms with E-state index in [1.807, 2.05) is 0 Å². The zero-order chi connectivity index (χ0) is 7.03. The first-order valence-electron chi connectivity index (χ1n) is 4.24. The SMILES string of the molecule is CC1CNC2(CCCC2)S1. The average molecular weight is 157 g/mol. The molecule has 1 aliphatic heterocycles. The lowest BCUT2D eigenvalue weighted by molar-refractivity contribution is 0.511. The predicted molar refractivity (Wildman–Crippen MR) is 46.3 cm³/mol. The third kappa shape index (κ3) is 1.08. The Bertz CT molecular complexity index is 129. The molecule has 1 saturated heterocycles. The van der Waals surface area contributed by atoms with Gasteiger partial charge in [-0.1, -0.05) is 19.8 Å². The van der Waals surface area contributed by atoms with Crippen molar-refractivity contribution in [2.45, 2.75) is 42.7 Å². The van der Waals surface area contributed by atoms with Crippen LogP contribution < -0.4 is 5.32 Å². The molecular weight excluding hydrogens is 142 g/mol. The molecule has 1 spiro atoms. The zero-order valence-corrected chi connectivity index (χ0v) is 7.34. The molecule has 2 heteroatoms. The minimum Gasteiger partial charge on any atom is -0.302 e. The number of rotatable bonds is 0. The first-order valence-corrected chi connectivity index (χ1v) is 5.12. The van der Waals surface area contributed by atoms with E-state index in [1.165, 1.54) is 32.2 Å². The van der Waals surface area contributed by atoms with Gasteiger partial charge in [-0.3, -0.25) is 0 Å². The highest BCUT2D eigenvalue weighted by Crippen LogP contribution is 2.44. The molecule has 58 valence electrons. The summed E-state index contributed by atoms with van der Waals surface area (Å²) in [7, 11) is 0. The fraction of sp³-hybridized carbons (Fsp3) is 1.00. The van der Waals surface area contributed by atoms with E-state index >= 15 is 0 Å². The van der Waals surface area contributed by atoms with Crippen LogP contribution in [0, 0.1) is 0 Å². The lowest BCUT2D eigenvalue weighted by atomic mass is 10.2. The number of hydrogen-bond acceptors (Lipinski definition) is 2. The molecule has 0 aromatic heterocycles. The summed E-state index contributed by atoms with van der Waals surface area (Å²) >= 11 is 2.16. The molecule has 2 rings (SSSR count). The van der Waals surface area contributed by atoms with Crippen molar-refractivity contribution >= 4 is 11.8 Å². The van der Waals surface area contributed by atoms with Crippen LogP contribution >= 0.6 is 11.8 Å². The monoisotopic (exact) mass is 157 g/mol. The van der Waals surface area contributed by atoms with E-state index in [1.54, 1.807) is 0 Å². The second-order valence-electron chi connectivity index (χ2n) is 3.51. The van der Waals surface area contributed by atoms with Crippen molar-refractivity contribution in [2.24, 2.45) is 0 Å². The van der Waals surface area contributed by atoms with Gasteiger partial charge in [0.1, 0.15) is 0 Å². The van der Waals surface area contributed by atoms with Gasteiger partial charge in [-0.25, -0.2) is 0 Å². The molecule has 1 saturated carbocycles. The van der Waals surface area contributed by atoms with Gasteiger partial charge in [0.25, 0.3) is 0 Å². The Labute approximate surface area is 67.0 Å². The number of hydrogen-bond donors (Lipinski definition) is 1. The predicted octanol–water partition coefficient (Wildman–Crippen LogP) is 1.98. The van der Waals surface area contributed by atoms with Crippen LogP contribution in [-0.2, 0) is 0 Å². The van der Waals surface area contributed by atoms with E-state index in [0.717, 1.165) is 5.25 Å². The van der Waals surface area contributed by atoms with Gasteiger partial charge in [-0.2, -0.15) is 0 Å². The van der Waals surface area contributed by atoms with Gasteiger partial charge in [0, 0.05) is 11.8 Å². The molecule has 0 aromatic rings. The first kappa shape index (κ1) is 6.99. The van der Waals surface area contributed by atoms with E-state index in [0.29, 0.717) is 4.87 Å². The molecule has 2 aliphatic rings. The summed E-state index contributed by atoms with van der Waals surface area (Å²) < 4.78 is 0. The van der Waals surface area contributed by atoms with Crippen molar-refractivity contribution < 1.29 is 0 Å². The van der Waals surface area contributed by atoms with E-state index < -0.39 is 0 Å². The lowest BCUT2D eigenvalue weighted by Gasteiger charge is -2.21. The molecule has 1 nitrogen and oxygen atoms in total. The van der Waals surface area contributed by atoms with Crippen molar-refractivity contribution in [3.63, 3.8) is 0 Å². The Balaban J connectivity index is 2.03. The van der Waals surface area contributed by atoms with Crippen LogP contribution in [0.5, 0.6) is 0 Å². The van der Waals surface area contributed by atoms with Crippen molar-refractivity contribution in [1.29, 1.82) is 0 Å². The summed E-state index contributed by atoms with van der Waals surface area (Å²) in [5.41, 5.74) is 0. The third-order valence-electron chi connectivity index (χ3n) is 2.55. The van der Waals surface area contributed by atoms with Crippen LogP contribution in [0.15, 0.2) is 0 Å². The Morgan fingerprint density at radius 1 is 1.40 bits per heavy atom. The fourth-order valence-electron chi connectivity index (χ4n) is 2.04. The van der Waals surface area contributed by atoms with Gasteiger partial charge in [0.2, 0.25) is 0 Å². The highest BCUT2D eigenvalue weighted by atomic mass is 32.2. The zero-order valence-electron chi connectivity index (χ0n) is 6.52. The Morgan fingerprint density at radius 3 is 2.60 bits per heavy atom. The van der Waals surface area contributed by atoms with Gasteiger partial charge in [-0.05, 0) is 12.8 Å². The van der Waals surface area contributed by atoms with Crippen LogP contribution in [0.25, 0.3) is 0 Å². The molecule has 1 heterocycles. The summed E-state index contributed by atoms with van der Waals surface area (Å²) in [6, 6.07) is 0. The van der Waals surface area contributed by atoms with Crippen LogP contribution in [0.3, 0.4) is 0 Å². The molecule has 1 N–H and O–H groups in total. The Kier molecular flexibility index (Phi) is 1.69. The van der Waals surface area contributed by atoms with Gasteiger partial charge in [0.05, 0.1) is 4.87 Å². The largest absolute Gasteiger partial charge is 0.302 e. The Morgan fingerprint density at radius 2 is 2.10 bits per heavy atom. The molecule has 1 unspecified atom stereocenters. The van der Waals surface area contributed by atoms with Gasteiger partial charge in [-0.15, -0.1) is 11.8 Å². The highest BCUT2D eigenvalue weighted by Gasteiger charge is 2.39. The van der Waals surface area contributed by atoms with E-state index in [4.69, 9.17) is 0 Å². The molecular formula is C8H15NS. The van der Waals surface area contributed by atoms with E-state index in [-0.39, 0.29) is 0 Å². The second-order valence-corrected chi connectivity index (χ2v) is 5.33. The maximum absolute atomic E-state index is 3.64. The molecule has 10 heavy (non-hydrogen) atoms. The Hall–Kier alpha value is 0.310. The van der Waals surface area contributed by atoms with E-state index in [9.17, 15) is 0 Å². The molecule has 0 aromatic carbocycles. The average Bonchev–Trinajstić information content (AvgIpc) is 2.46. The summed E-state index contributed by atoms with van der Waals surface area (Å²) in [5, 5.41) is 4.49. The fourth-order valence-corrected chi connectivity index (χ4v) is 3.67. The topological polar surface area (TPSA) is 12.0 Å². The highest BCUT2D eigenvalue weighted by molar-refractivity contribution is 8.01. The number of nitrogens with one attached hydrogen (secondary N) is 1. The van der Waals surface area contributed by atoms with E-state index in [2.05, 4.69) is 24.0 Å². The van der Waals surface area contributed by atoms with Crippen LogP contribution in [0.4, 0.5) is 0 Å². The molecule has 0 radical (unpaired) electrons. The normalized spacial score (nSPS) is 37.5. The van der Waals surface area contributed by atoms with Crippen LogP contribution in [0.1, 0.15) is 32.6 Å². The van der Waals surface area contributed by atoms with Crippen molar-refractivity contribution in [3.05, 3.63) is 0 Å². The molecule has 0 bridgehead atoms. The summed E-state index contributed by atoms with van der Waals surface area (Å²) in [6.07, 6.45) is 5.68. The van der Waals surface area contributed by atoms with Crippen molar-refractivity contribution in [1.82, 2.24) is 5.32 Å². The summed E-state index contributed by atoms with van der Waals surface area (Å²) in [5.74, 6) is 0. The standard InChI is InChI=1S/C8H15NS/c1-7-6-9-8(10-7)4-2-3-5-8/h7,9H,2-6H2,1H3. The minimum atomic E-state index is 0.527. The van der Waals surface area contributed by atoms with Crippen molar-refractivity contribution in [3.8, 4) is 0 Å². The van der Waals surface area contributed by atoms with Crippen LogP contribution in [0.2, 0.25) is 0 Å². The molecule has 2 fully saturated rings. The molecule has 0 amide bonds. The summed E-state index contributed by atoms with van der Waals surface area (Å²) in [6.45, 7) is 3.55. The lowest BCUT2D eigenvalue weighted by Crippen LogP contribution is -2.33. The minimum absolute atomic E-state index is 0.527. The molecule has 1 aliphatic carbocycles. The molecule has 1 atom stereocenters. The second kappa shape index (κ2) is 2.42. The van der Waals surface area contributed by atoms with Crippen molar-refractivity contribution in [2.75, 3.05) is 6.54 Å². The maximum Gasteiger partial charge on any atom is 0.0648 e. The number of thioether (sulfide) groups is 1. The third-order valence-corrected chi connectivity index (χ3v) is 4.12. The first-order chi connectivity index (χ1) is 4.81. The van der Waals surface area contributed by atoms with Gasteiger partial charge >= 0.3 is 0 Å². The summed E-state index contributed by atoms with van der Waals surface area (Å²) in [4.78, 5) is 0.527. The van der Waals surface area contributed by atoms with Crippen LogP contribution in [-0.4, -0.2) is 16.7 Å². The smallest absolute Gasteiger partial charge is 0.0648 e. The quantitative estimate of drug-likeness (QED) is 0.577. The van der Waals surface area contributed by atoms with Gasteiger partial charge in [0.15, 0.2) is 0 Å².